The van der Waals surface area contributed by atoms with Gasteiger partial charge in [-0.05, 0) is 63.5 Å². The number of anilines is 1. The third kappa shape index (κ3) is 3.16. The number of carbonyl (C=O) groups is 1. The largest absolute Gasteiger partial charge is 0.390 e. The van der Waals surface area contributed by atoms with Crippen LogP contribution < -0.4 is 16.4 Å². The molecule has 1 aromatic carbocycles. The number of benzene rings is 1. The summed E-state index contributed by atoms with van der Waals surface area (Å²) >= 11 is 0. The van der Waals surface area contributed by atoms with E-state index in [0.29, 0.717) is 24.2 Å². The first kappa shape index (κ1) is 19.2. The Morgan fingerprint density at radius 3 is 2.79 bits per heavy atom. The molecule has 0 saturated carbocycles. The fourth-order valence-electron chi connectivity index (χ4n) is 4.88. The zero-order chi connectivity index (χ0) is 20.2. The monoisotopic (exact) mass is 388 g/mol. The minimum atomic E-state index is -0.796. The van der Waals surface area contributed by atoms with Gasteiger partial charge in [0, 0.05) is 30.2 Å². The highest BCUT2D eigenvalue weighted by Gasteiger charge is 2.34. The lowest BCUT2D eigenvalue weighted by Crippen LogP contribution is -2.43. The van der Waals surface area contributed by atoms with Crippen LogP contribution in [0.25, 0.3) is 10.9 Å². The Bertz CT molecular complexity index is 931. The van der Waals surface area contributed by atoms with Crippen molar-refractivity contribution in [2.24, 2.45) is 17.4 Å². The molecule has 1 aliphatic carbocycles. The number of aromatic nitrogens is 1. The highest BCUT2D eigenvalue weighted by Crippen LogP contribution is 2.42. The van der Waals surface area contributed by atoms with Crippen LogP contribution in [0.4, 0.5) is 10.1 Å². The number of amides is 1. The second-order valence-electron chi connectivity index (χ2n) is 8.89. The summed E-state index contributed by atoms with van der Waals surface area (Å²) in [6, 6.07) is 1.25. The predicted molar refractivity (Wildman–Crippen MR) is 108 cm³/mol. The number of halogens is 1. The highest BCUT2D eigenvalue weighted by molar-refractivity contribution is 6.10. The van der Waals surface area contributed by atoms with E-state index in [2.05, 4.69) is 4.98 Å². The molecular formula is C21H29FN4O2. The van der Waals surface area contributed by atoms with Crippen LogP contribution in [0, 0.1) is 11.7 Å². The Morgan fingerprint density at radius 1 is 1.39 bits per heavy atom. The lowest BCUT2D eigenvalue weighted by Gasteiger charge is -2.34. The number of carbonyl (C=O) groups excluding carboxylic acids is 1. The van der Waals surface area contributed by atoms with Crippen molar-refractivity contribution in [3.05, 3.63) is 28.7 Å². The Labute approximate surface area is 164 Å². The van der Waals surface area contributed by atoms with Crippen LogP contribution in [-0.4, -0.2) is 40.7 Å². The molecule has 6 nitrogen and oxygen atoms in total. The molecule has 7 heteroatoms. The summed E-state index contributed by atoms with van der Waals surface area (Å²) in [6.07, 6.45) is 4.03. The van der Waals surface area contributed by atoms with Gasteiger partial charge in [-0.2, -0.15) is 0 Å². The molecule has 0 radical (unpaired) electrons. The maximum atomic E-state index is 15.2. The number of nitrogens with zero attached hydrogens (tertiary/aromatic N) is 1. The quantitative estimate of drug-likeness (QED) is 0.646. The number of hydrogen-bond donors (Lipinski definition) is 4. The van der Waals surface area contributed by atoms with E-state index in [-0.39, 0.29) is 17.5 Å². The number of nitrogens with two attached hydrogens (primary N) is 2. The normalized spacial score (nSPS) is 23.1. The van der Waals surface area contributed by atoms with Crippen LogP contribution in [-0.2, 0) is 12.8 Å². The molecule has 2 atom stereocenters. The lowest BCUT2D eigenvalue weighted by molar-refractivity contribution is 0.0107. The molecule has 28 heavy (non-hydrogen) atoms. The van der Waals surface area contributed by atoms with Crippen molar-refractivity contribution < 1.29 is 14.3 Å². The summed E-state index contributed by atoms with van der Waals surface area (Å²) in [5.41, 5.74) is 14.2. The molecule has 1 saturated heterocycles. The van der Waals surface area contributed by atoms with Gasteiger partial charge in [0.05, 0.1) is 22.4 Å². The molecule has 1 fully saturated rings. The van der Waals surface area contributed by atoms with Gasteiger partial charge in [0.25, 0.3) is 5.91 Å². The SMILES string of the molecule is CC(C)(O)C1CCc2c([nH]c3c(C(N)=O)cc(F)c(N4CCCC(N)C4)c23)C1. The van der Waals surface area contributed by atoms with Gasteiger partial charge in [0.2, 0.25) is 0 Å². The van der Waals surface area contributed by atoms with Crippen molar-refractivity contribution in [1.29, 1.82) is 0 Å². The maximum absolute atomic E-state index is 15.2. The molecular weight excluding hydrogens is 359 g/mol. The van der Waals surface area contributed by atoms with E-state index in [1.165, 1.54) is 6.07 Å². The highest BCUT2D eigenvalue weighted by atomic mass is 19.1. The number of aryl methyl sites for hydroxylation is 1. The molecule has 1 aromatic heterocycles. The van der Waals surface area contributed by atoms with Gasteiger partial charge in [-0.3, -0.25) is 4.79 Å². The smallest absolute Gasteiger partial charge is 0.250 e. The predicted octanol–water partition coefficient (Wildman–Crippen LogP) is 2.21. The van der Waals surface area contributed by atoms with Crippen LogP contribution >= 0.6 is 0 Å². The summed E-state index contributed by atoms with van der Waals surface area (Å²) in [5.74, 6) is -0.980. The van der Waals surface area contributed by atoms with Crippen molar-refractivity contribution in [3.8, 4) is 0 Å². The summed E-state index contributed by atoms with van der Waals surface area (Å²) in [4.78, 5) is 17.4. The average Bonchev–Trinajstić information content (AvgIpc) is 2.98. The molecule has 2 heterocycles. The van der Waals surface area contributed by atoms with E-state index < -0.39 is 17.3 Å². The van der Waals surface area contributed by atoms with Crippen LogP contribution in [0.2, 0.25) is 0 Å². The fraction of sp³-hybridized carbons (Fsp3) is 0.571. The van der Waals surface area contributed by atoms with E-state index in [1.807, 2.05) is 18.7 Å². The van der Waals surface area contributed by atoms with Gasteiger partial charge in [-0.15, -0.1) is 0 Å². The Balaban J connectivity index is 1.91. The Hall–Kier alpha value is -2.12. The van der Waals surface area contributed by atoms with Crippen molar-refractivity contribution in [2.45, 2.75) is 57.6 Å². The summed E-state index contributed by atoms with van der Waals surface area (Å²) in [6.45, 7) is 4.97. The van der Waals surface area contributed by atoms with E-state index in [0.717, 1.165) is 48.9 Å². The van der Waals surface area contributed by atoms with Gasteiger partial charge in [0.15, 0.2) is 0 Å². The van der Waals surface area contributed by atoms with Crippen molar-refractivity contribution >= 4 is 22.5 Å². The Kier molecular flexibility index (Phi) is 4.62. The second-order valence-corrected chi connectivity index (χ2v) is 8.89. The van der Waals surface area contributed by atoms with Gasteiger partial charge in [-0.1, -0.05) is 0 Å². The Morgan fingerprint density at radius 2 is 2.14 bits per heavy atom. The van der Waals surface area contributed by atoms with Crippen molar-refractivity contribution in [2.75, 3.05) is 18.0 Å². The molecule has 1 amide bonds. The number of H-pyrrole nitrogens is 1. The first-order chi connectivity index (χ1) is 13.2. The first-order valence-corrected chi connectivity index (χ1v) is 10.1. The summed E-state index contributed by atoms with van der Waals surface area (Å²) in [7, 11) is 0. The fourth-order valence-corrected chi connectivity index (χ4v) is 4.88. The first-order valence-electron chi connectivity index (χ1n) is 10.1. The van der Waals surface area contributed by atoms with E-state index in [1.54, 1.807) is 0 Å². The number of piperidine rings is 1. The van der Waals surface area contributed by atoms with Crippen LogP contribution in [0.5, 0.6) is 0 Å². The molecule has 1 aliphatic heterocycles. The van der Waals surface area contributed by atoms with Crippen LogP contribution in [0.15, 0.2) is 6.07 Å². The molecule has 0 bridgehead atoms. The molecule has 2 unspecified atom stereocenters. The molecule has 152 valence electrons. The number of aliphatic hydroxyl groups is 1. The van der Waals surface area contributed by atoms with Crippen LogP contribution in [0.3, 0.4) is 0 Å². The minimum Gasteiger partial charge on any atom is -0.390 e. The number of rotatable bonds is 3. The zero-order valence-corrected chi connectivity index (χ0v) is 16.5. The molecule has 6 N–H and O–H groups in total. The molecule has 2 aliphatic rings. The average molecular weight is 388 g/mol. The molecule has 4 rings (SSSR count). The standard InChI is InChI=1S/C21H29FN4O2/c1-21(2,28)11-5-6-13-16(8-11)25-18-14(20(24)27)9-15(22)19(17(13)18)26-7-3-4-12(23)10-26/h9,11-12,25,28H,3-8,10,23H2,1-2H3,(H2,24,27). The summed E-state index contributed by atoms with van der Waals surface area (Å²) in [5, 5.41) is 11.2. The minimum absolute atomic E-state index is 0.00773. The third-order valence-corrected chi connectivity index (χ3v) is 6.43. The van der Waals surface area contributed by atoms with Crippen molar-refractivity contribution in [3.63, 3.8) is 0 Å². The van der Waals surface area contributed by atoms with Crippen molar-refractivity contribution in [1.82, 2.24) is 4.98 Å². The number of nitrogens with one attached hydrogen (secondary N) is 1. The lowest BCUT2D eigenvalue weighted by atomic mass is 9.78. The number of aromatic amines is 1. The molecule has 2 aromatic rings. The number of hydrogen-bond acceptors (Lipinski definition) is 4. The topological polar surface area (TPSA) is 108 Å². The van der Waals surface area contributed by atoms with Gasteiger partial charge in [0.1, 0.15) is 5.82 Å². The van der Waals surface area contributed by atoms with E-state index in [4.69, 9.17) is 11.5 Å². The number of fused-ring (bicyclic) bond motifs is 3. The van der Waals surface area contributed by atoms with Gasteiger partial charge < -0.3 is 26.5 Å². The van der Waals surface area contributed by atoms with Gasteiger partial charge in [-0.25, -0.2) is 4.39 Å². The second kappa shape index (κ2) is 6.74. The van der Waals surface area contributed by atoms with Crippen LogP contribution in [0.1, 0.15) is 54.7 Å². The van der Waals surface area contributed by atoms with E-state index in [9.17, 15) is 9.90 Å². The number of primary amides is 1. The summed E-state index contributed by atoms with van der Waals surface area (Å²) < 4.78 is 15.2. The third-order valence-electron chi connectivity index (χ3n) is 6.43. The van der Waals surface area contributed by atoms with Gasteiger partial charge >= 0.3 is 0 Å². The molecule has 0 spiro atoms. The van der Waals surface area contributed by atoms with E-state index >= 15 is 4.39 Å². The maximum Gasteiger partial charge on any atom is 0.250 e. The zero-order valence-electron chi connectivity index (χ0n) is 16.5.